The van der Waals surface area contributed by atoms with Crippen LogP contribution in [0.5, 0.6) is 0 Å². The zero-order chi connectivity index (χ0) is 17.8. The Kier molecular flexibility index (Phi) is 9.31. The van der Waals surface area contributed by atoms with Gasteiger partial charge < -0.3 is 9.84 Å². The molecule has 0 bridgehead atoms. The number of hydrogen-bond acceptors (Lipinski definition) is 4. The summed E-state index contributed by atoms with van der Waals surface area (Å²) in [5.74, 6) is -0.740. The van der Waals surface area contributed by atoms with Crippen molar-refractivity contribution >= 4 is 11.8 Å². The molecule has 0 aromatic heterocycles. The van der Waals surface area contributed by atoms with Gasteiger partial charge in [-0.25, -0.2) is 0 Å². The first-order valence-electron chi connectivity index (χ1n) is 8.92. The number of rotatable bonds is 12. The molecule has 0 aliphatic heterocycles. The summed E-state index contributed by atoms with van der Waals surface area (Å²) in [5.41, 5.74) is 0.0872. The van der Waals surface area contributed by atoms with Crippen molar-refractivity contribution in [3.05, 3.63) is 35.9 Å². The van der Waals surface area contributed by atoms with E-state index in [0.29, 0.717) is 25.9 Å². The largest absolute Gasteiger partial charge is 0.465 e. The Bertz CT molecular complexity index is 498. The van der Waals surface area contributed by atoms with Crippen LogP contribution in [0.3, 0.4) is 0 Å². The number of esters is 1. The van der Waals surface area contributed by atoms with Crippen LogP contribution >= 0.6 is 0 Å². The summed E-state index contributed by atoms with van der Waals surface area (Å²) in [5, 5.41) is 10.8. The van der Waals surface area contributed by atoms with Crippen LogP contribution in [0.4, 0.5) is 0 Å². The fourth-order valence-electron chi connectivity index (χ4n) is 2.76. The summed E-state index contributed by atoms with van der Waals surface area (Å²) >= 11 is 0. The number of unbranched alkanes of at least 4 members (excludes halogenated alkanes) is 1. The van der Waals surface area contributed by atoms with Gasteiger partial charge in [0.25, 0.3) is 0 Å². The van der Waals surface area contributed by atoms with Crippen LogP contribution in [0.2, 0.25) is 0 Å². The third kappa shape index (κ3) is 8.25. The fraction of sp³-hybridized carbons (Fsp3) is 0.600. The van der Waals surface area contributed by atoms with Gasteiger partial charge in [-0.15, -0.1) is 0 Å². The molecule has 4 nitrogen and oxygen atoms in total. The molecule has 134 valence electrons. The van der Waals surface area contributed by atoms with Crippen molar-refractivity contribution in [1.29, 1.82) is 0 Å². The van der Waals surface area contributed by atoms with E-state index in [9.17, 15) is 14.7 Å². The molecule has 0 fully saturated rings. The van der Waals surface area contributed by atoms with Crippen molar-refractivity contribution in [2.24, 2.45) is 0 Å². The first-order valence-corrected chi connectivity index (χ1v) is 8.92. The van der Waals surface area contributed by atoms with Gasteiger partial charge in [0.15, 0.2) is 0 Å². The van der Waals surface area contributed by atoms with Gasteiger partial charge in [0, 0.05) is 6.42 Å². The summed E-state index contributed by atoms with van der Waals surface area (Å²) < 4.78 is 5.02. The third-order valence-electron chi connectivity index (χ3n) is 4.07. The topological polar surface area (TPSA) is 63.6 Å². The van der Waals surface area contributed by atoms with Crippen LogP contribution in [-0.2, 0) is 20.7 Å². The maximum absolute atomic E-state index is 12.1. The number of carbonyl (C=O) groups is 2. The summed E-state index contributed by atoms with van der Waals surface area (Å²) in [6.07, 6.45) is 4.08. The van der Waals surface area contributed by atoms with Crippen molar-refractivity contribution < 1.29 is 19.4 Å². The van der Waals surface area contributed by atoms with Crippen LogP contribution in [0, 0.1) is 0 Å². The molecule has 0 aliphatic rings. The normalized spacial score (nSPS) is 13.3. The van der Waals surface area contributed by atoms with Crippen LogP contribution < -0.4 is 0 Å². The number of hydrogen-bond donors (Lipinski definition) is 1. The number of Topliss-reactive ketones (excluding diaryl/α,β-unsaturated/α-hetero) is 1. The van der Waals surface area contributed by atoms with Gasteiger partial charge in [-0.3, -0.25) is 9.59 Å². The van der Waals surface area contributed by atoms with Gasteiger partial charge in [-0.05, 0) is 31.2 Å². The Hall–Kier alpha value is -1.68. The number of carbonyl (C=O) groups excluding carboxylic acids is 2. The third-order valence-corrected chi connectivity index (χ3v) is 4.07. The molecule has 0 amide bonds. The van der Waals surface area contributed by atoms with E-state index in [-0.39, 0.29) is 18.6 Å². The first-order chi connectivity index (χ1) is 11.5. The maximum Gasteiger partial charge on any atom is 0.313 e. The van der Waals surface area contributed by atoms with Gasteiger partial charge in [0.2, 0.25) is 0 Å². The molecular formula is C20H30O4. The number of ether oxygens (including phenoxy) is 1. The molecule has 24 heavy (non-hydrogen) atoms. The highest BCUT2D eigenvalue weighted by Gasteiger charge is 2.29. The Labute approximate surface area is 145 Å². The number of ketones is 1. The molecule has 1 N–H and O–H groups in total. The number of aryl methyl sites for hydroxylation is 1. The lowest BCUT2D eigenvalue weighted by molar-refractivity contribution is -0.147. The first kappa shape index (κ1) is 20.4. The average molecular weight is 334 g/mol. The summed E-state index contributed by atoms with van der Waals surface area (Å²) in [4.78, 5) is 23.8. The van der Waals surface area contributed by atoms with E-state index >= 15 is 0 Å². The lowest BCUT2D eigenvalue weighted by Crippen LogP contribution is -2.33. The Morgan fingerprint density at radius 2 is 1.79 bits per heavy atom. The van der Waals surface area contributed by atoms with Crippen LogP contribution in [-0.4, -0.2) is 29.1 Å². The van der Waals surface area contributed by atoms with Crippen molar-refractivity contribution in [3.63, 3.8) is 0 Å². The fourth-order valence-corrected chi connectivity index (χ4v) is 2.76. The number of aliphatic hydroxyl groups is 1. The molecule has 4 heteroatoms. The van der Waals surface area contributed by atoms with Crippen molar-refractivity contribution in [3.8, 4) is 0 Å². The second-order valence-corrected chi connectivity index (χ2v) is 6.43. The molecule has 1 aromatic carbocycles. The monoisotopic (exact) mass is 334 g/mol. The van der Waals surface area contributed by atoms with Crippen LogP contribution in [0.15, 0.2) is 30.3 Å². The van der Waals surface area contributed by atoms with Gasteiger partial charge in [-0.2, -0.15) is 0 Å². The maximum atomic E-state index is 12.1. The molecular weight excluding hydrogens is 304 g/mol. The minimum Gasteiger partial charge on any atom is -0.465 e. The lowest BCUT2D eigenvalue weighted by atomic mass is 9.85. The molecule has 1 unspecified atom stereocenters. The SMILES string of the molecule is CCCCOC(=O)CC(=O)CC(O)(CCC)CCc1ccccc1. The predicted octanol–water partition coefficient (Wildman–Crippen LogP) is 3.84. The highest BCUT2D eigenvalue weighted by Crippen LogP contribution is 2.25. The lowest BCUT2D eigenvalue weighted by Gasteiger charge is -2.27. The Morgan fingerprint density at radius 1 is 1.08 bits per heavy atom. The summed E-state index contributed by atoms with van der Waals surface area (Å²) in [6.45, 7) is 4.35. The van der Waals surface area contributed by atoms with Gasteiger partial charge in [0.1, 0.15) is 12.2 Å². The Balaban J connectivity index is 2.50. The second kappa shape index (κ2) is 11.0. The molecule has 1 aromatic rings. The highest BCUT2D eigenvalue weighted by atomic mass is 16.5. The molecule has 1 rings (SSSR count). The molecule has 0 radical (unpaired) electrons. The van der Waals surface area contributed by atoms with Gasteiger partial charge in [0.05, 0.1) is 12.2 Å². The average Bonchev–Trinajstić information content (AvgIpc) is 2.54. The standard InChI is InChI=1S/C20H30O4/c1-3-5-14-24-19(22)15-18(21)16-20(23,12-4-2)13-11-17-9-7-6-8-10-17/h6-10,23H,3-5,11-16H2,1-2H3. The highest BCUT2D eigenvalue weighted by molar-refractivity contribution is 5.95. The van der Waals surface area contributed by atoms with E-state index < -0.39 is 11.6 Å². The van der Waals surface area contributed by atoms with E-state index in [4.69, 9.17) is 4.74 Å². The zero-order valence-corrected chi connectivity index (χ0v) is 14.9. The zero-order valence-electron chi connectivity index (χ0n) is 14.9. The molecule has 0 saturated heterocycles. The molecule has 0 aliphatic carbocycles. The van der Waals surface area contributed by atoms with Crippen LogP contribution in [0.1, 0.15) is 64.4 Å². The summed E-state index contributed by atoms with van der Waals surface area (Å²) in [6, 6.07) is 9.91. The van der Waals surface area contributed by atoms with Crippen molar-refractivity contribution in [2.75, 3.05) is 6.61 Å². The van der Waals surface area contributed by atoms with Gasteiger partial charge in [-0.1, -0.05) is 57.0 Å². The van der Waals surface area contributed by atoms with Gasteiger partial charge >= 0.3 is 5.97 Å². The quantitative estimate of drug-likeness (QED) is 0.358. The van der Waals surface area contributed by atoms with E-state index in [2.05, 4.69) is 0 Å². The molecule has 0 spiro atoms. The van der Waals surface area contributed by atoms with Crippen LogP contribution in [0.25, 0.3) is 0 Å². The molecule has 1 atom stereocenters. The minimum absolute atomic E-state index is 0.0105. The van der Waals surface area contributed by atoms with E-state index in [1.807, 2.05) is 44.2 Å². The smallest absolute Gasteiger partial charge is 0.313 e. The van der Waals surface area contributed by atoms with Crippen molar-refractivity contribution in [1.82, 2.24) is 0 Å². The molecule has 0 saturated carbocycles. The second-order valence-electron chi connectivity index (χ2n) is 6.43. The molecule has 0 heterocycles. The van der Waals surface area contributed by atoms with Crippen molar-refractivity contribution in [2.45, 2.75) is 70.8 Å². The van der Waals surface area contributed by atoms with E-state index in [0.717, 1.165) is 24.8 Å². The summed E-state index contributed by atoms with van der Waals surface area (Å²) in [7, 11) is 0. The Morgan fingerprint density at radius 3 is 2.42 bits per heavy atom. The minimum atomic E-state index is -1.05. The van der Waals surface area contributed by atoms with E-state index in [1.54, 1.807) is 0 Å². The predicted molar refractivity (Wildman–Crippen MR) is 94.7 cm³/mol. The number of benzene rings is 1. The van der Waals surface area contributed by atoms with E-state index in [1.165, 1.54) is 0 Å².